The molecule has 1 unspecified atom stereocenters. The summed E-state index contributed by atoms with van der Waals surface area (Å²) in [5.41, 5.74) is 1.11. The van der Waals surface area contributed by atoms with Gasteiger partial charge in [0.05, 0.1) is 18.4 Å². The van der Waals surface area contributed by atoms with Gasteiger partial charge in [0.2, 0.25) is 0 Å². The van der Waals surface area contributed by atoms with E-state index in [1.165, 1.54) is 0 Å². The topological polar surface area (TPSA) is 49.8 Å². The summed E-state index contributed by atoms with van der Waals surface area (Å²) in [7, 11) is 1.59. The lowest BCUT2D eigenvalue weighted by molar-refractivity contribution is 0.0697. The first-order chi connectivity index (χ1) is 8.11. The van der Waals surface area contributed by atoms with Crippen molar-refractivity contribution in [1.82, 2.24) is 0 Å². The van der Waals surface area contributed by atoms with Crippen LogP contribution in [0, 0.1) is 5.92 Å². The van der Waals surface area contributed by atoms with Crippen molar-refractivity contribution in [3.05, 3.63) is 23.8 Å². The maximum Gasteiger partial charge on any atom is 0.337 e. The van der Waals surface area contributed by atoms with Crippen LogP contribution in [0.4, 0.5) is 5.69 Å². The van der Waals surface area contributed by atoms with Crippen LogP contribution in [-0.4, -0.2) is 31.3 Å². The molecule has 1 fully saturated rings. The number of carbonyl (C=O) groups is 1. The van der Waals surface area contributed by atoms with Crippen molar-refractivity contribution in [2.24, 2.45) is 5.92 Å². The van der Waals surface area contributed by atoms with Gasteiger partial charge in [-0.25, -0.2) is 4.79 Å². The van der Waals surface area contributed by atoms with Crippen LogP contribution in [0.1, 0.15) is 23.7 Å². The number of methoxy groups -OCH3 is 1. The van der Waals surface area contributed by atoms with Gasteiger partial charge in [-0.15, -0.1) is 0 Å². The van der Waals surface area contributed by atoms with Crippen LogP contribution >= 0.6 is 0 Å². The van der Waals surface area contributed by atoms with Gasteiger partial charge >= 0.3 is 5.97 Å². The second kappa shape index (κ2) is 4.65. The molecule has 0 saturated carbocycles. The fraction of sp³-hybridized carbons (Fsp3) is 0.462. The SMILES string of the molecule is COc1ccc(C(=O)O)c(N2CCC(C)C2)c1. The molecule has 92 valence electrons. The predicted molar refractivity (Wildman–Crippen MR) is 65.9 cm³/mol. The molecule has 0 aromatic heterocycles. The number of nitrogens with zero attached hydrogens (tertiary/aromatic N) is 1. The Balaban J connectivity index is 2.38. The molecule has 1 heterocycles. The molecule has 1 aromatic rings. The van der Waals surface area contributed by atoms with Gasteiger partial charge < -0.3 is 14.7 Å². The average Bonchev–Trinajstić information content (AvgIpc) is 2.75. The molecule has 1 aliphatic heterocycles. The Kier molecular flexibility index (Phi) is 3.22. The number of carboxylic acids is 1. The summed E-state index contributed by atoms with van der Waals surface area (Å²) in [5.74, 6) is 0.426. The molecule has 1 saturated heterocycles. The van der Waals surface area contributed by atoms with E-state index in [0.29, 0.717) is 17.2 Å². The van der Waals surface area contributed by atoms with E-state index >= 15 is 0 Å². The molecule has 0 spiro atoms. The number of aromatic carboxylic acids is 1. The minimum atomic E-state index is -0.887. The van der Waals surface area contributed by atoms with Gasteiger partial charge in [-0.1, -0.05) is 6.92 Å². The zero-order valence-electron chi connectivity index (χ0n) is 10.1. The smallest absolute Gasteiger partial charge is 0.337 e. The summed E-state index contributed by atoms with van der Waals surface area (Å²) < 4.78 is 5.16. The minimum Gasteiger partial charge on any atom is -0.497 e. The molecule has 4 nitrogen and oxygen atoms in total. The number of carboxylic acid groups (broad SMARTS) is 1. The largest absolute Gasteiger partial charge is 0.497 e. The van der Waals surface area contributed by atoms with E-state index in [9.17, 15) is 9.90 Å². The average molecular weight is 235 g/mol. The maximum absolute atomic E-state index is 11.2. The van der Waals surface area contributed by atoms with Gasteiger partial charge in [0.25, 0.3) is 0 Å². The summed E-state index contributed by atoms with van der Waals surface area (Å²) in [5, 5.41) is 9.19. The Labute approximate surface area is 101 Å². The summed E-state index contributed by atoms with van der Waals surface area (Å²) in [6.07, 6.45) is 1.11. The molecular formula is C13H17NO3. The Hall–Kier alpha value is -1.71. The highest BCUT2D eigenvalue weighted by atomic mass is 16.5. The Bertz CT molecular complexity index is 431. The van der Waals surface area contributed by atoms with E-state index in [2.05, 4.69) is 11.8 Å². The van der Waals surface area contributed by atoms with E-state index in [1.807, 2.05) is 6.07 Å². The highest BCUT2D eigenvalue weighted by molar-refractivity contribution is 5.95. The van der Waals surface area contributed by atoms with Crippen molar-refractivity contribution in [3.8, 4) is 5.75 Å². The first-order valence-electron chi connectivity index (χ1n) is 5.78. The number of rotatable bonds is 3. The van der Waals surface area contributed by atoms with Gasteiger partial charge in [-0.3, -0.25) is 0 Å². The maximum atomic E-state index is 11.2. The molecular weight excluding hydrogens is 218 g/mol. The van der Waals surface area contributed by atoms with E-state index in [0.717, 1.165) is 25.2 Å². The second-order valence-electron chi connectivity index (χ2n) is 4.53. The van der Waals surface area contributed by atoms with Crippen LogP contribution < -0.4 is 9.64 Å². The standard InChI is InChI=1S/C13H17NO3/c1-9-5-6-14(8-9)12-7-10(17-2)3-4-11(12)13(15)16/h3-4,7,9H,5-6,8H2,1-2H3,(H,15,16). The first-order valence-corrected chi connectivity index (χ1v) is 5.78. The van der Waals surface area contributed by atoms with Crippen molar-refractivity contribution >= 4 is 11.7 Å². The fourth-order valence-corrected chi connectivity index (χ4v) is 2.23. The molecule has 0 bridgehead atoms. The van der Waals surface area contributed by atoms with Gasteiger partial charge in [-0.2, -0.15) is 0 Å². The van der Waals surface area contributed by atoms with Crippen LogP contribution in [0.25, 0.3) is 0 Å². The lowest BCUT2D eigenvalue weighted by Gasteiger charge is -2.21. The first kappa shape index (κ1) is 11.8. The third kappa shape index (κ3) is 2.35. The Morgan fingerprint density at radius 3 is 2.82 bits per heavy atom. The Morgan fingerprint density at radius 1 is 1.53 bits per heavy atom. The molecule has 1 aromatic carbocycles. The third-order valence-electron chi connectivity index (χ3n) is 3.20. The van der Waals surface area contributed by atoms with Gasteiger partial charge in [-0.05, 0) is 24.5 Å². The van der Waals surface area contributed by atoms with E-state index < -0.39 is 5.97 Å². The van der Waals surface area contributed by atoms with E-state index in [-0.39, 0.29) is 0 Å². The quantitative estimate of drug-likeness (QED) is 0.873. The lowest BCUT2D eigenvalue weighted by atomic mass is 10.1. The van der Waals surface area contributed by atoms with Gasteiger partial charge in [0.1, 0.15) is 5.75 Å². The second-order valence-corrected chi connectivity index (χ2v) is 4.53. The van der Waals surface area contributed by atoms with Crippen LogP contribution in [0.5, 0.6) is 5.75 Å². The van der Waals surface area contributed by atoms with Crippen LogP contribution in [-0.2, 0) is 0 Å². The van der Waals surface area contributed by atoms with Crippen molar-refractivity contribution in [2.45, 2.75) is 13.3 Å². The number of hydrogen-bond donors (Lipinski definition) is 1. The van der Waals surface area contributed by atoms with Crippen LogP contribution in [0.15, 0.2) is 18.2 Å². The third-order valence-corrected chi connectivity index (χ3v) is 3.20. The van der Waals surface area contributed by atoms with Gasteiger partial charge in [0.15, 0.2) is 0 Å². The fourth-order valence-electron chi connectivity index (χ4n) is 2.23. The van der Waals surface area contributed by atoms with Crippen molar-refractivity contribution in [1.29, 1.82) is 0 Å². The highest BCUT2D eigenvalue weighted by Gasteiger charge is 2.23. The minimum absolute atomic E-state index is 0.347. The number of anilines is 1. The normalized spacial score (nSPS) is 19.4. The molecule has 0 radical (unpaired) electrons. The molecule has 1 atom stereocenters. The molecule has 0 aliphatic carbocycles. The molecule has 0 amide bonds. The molecule has 2 rings (SSSR count). The van der Waals surface area contributed by atoms with Crippen molar-refractivity contribution in [2.75, 3.05) is 25.1 Å². The summed E-state index contributed by atoms with van der Waals surface area (Å²) in [6.45, 7) is 4.00. The zero-order valence-corrected chi connectivity index (χ0v) is 10.1. The van der Waals surface area contributed by atoms with Crippen molar-refractivity contribution < 1.29 is 14.6 Å². The summed E-state index contributed by atoms with van der Waals surface area (Å²) >= 11 is 0. The highest BCUT2D eigenvalue weighted by Crippen LogP contribution is 2.30. The lowest BCUT2D eigenvalue weighted by Crippen LogP contribution is -2.21. The summed E-state index contributed by atoms with van der Waals surface area (Å²) in [4.78, 5) is 13.3. The number of ether oxygens (including phenoxy) is 1. The summed E-state index contributed by atoms with van der Waals surface area (Å²) in [6, 6.07) is 5.10. The number of benzene rings is 1. The van der Waals surface area contributed by atoms with E-state index in [1.54, 1.807) is 19.2 Å². The Morgan fingerprint density at radius 2 is 2.29 bits per heavy atom. The zero-order chi connectivity index (χ0) is 12.4. The van der Waals surface area contributed by atoms with Crippen LogP contribution in [0.3, 0.4) is 0 Å². The molecule has 1 aliphatic rings. The van der Waals surface area contributed by atoms with Crippen molar-refractivity contribution in [3.63, 3.8) is 0 Å². The number of hydrogen-bond acceptors (Lipinski definition) is 3. The predicted octanol–water partition coefficient (Wildman–Crippen LogP) is 2.24. The monoisotopic (exact) mass is 235 g/mol. The van der Waals surface area contributed by atoms with E-state index in [4.69, 9.17) is 4.74 Å². The molecule has 4 heteroatoms. The molecule has 17 heavy (non-hydrogen) atoms. The van der Waals surface area contributed by atoms with Gasteiger partial charge in [0, 0.05) is 19.2 Å². The van der Waals surface area contributed by atoms with Crippen LogP contribution in [0.2, 0.25) is 0 Å². The molecule has 1 N–H and O–H groups in total.